The molecule has 1 atom stereocenters. The van der Waals surface area contributed by atoms with E-state index in [2.05, 4.69) is 31.3 Å². The highest BCUT2D eigenvalue weighted by Crippen LogP contribution is 2.35. The molecule has 0 spiro atoms. The predicted octanol–water partition coefficient (Wildman–Crippen LogP) is 1.96. The second kappa shape index (κ2) is 3.04. The summed E-state index contributed by atoms with van der Waals surface area (Å²) < 4.78 is 5.60. The molecule has 1 unspecified atom stereocenters. The number of likely N-dealkylation sites (N-methyl/N-ethyl adjacent to an activating group) is 1. The van der Waals surface area contributed by atoms with Crippen LogP contribution in [0.3, 0.4) is 0 Å². The maximum absolute atomic E-state index is 5.60. The van der Waals surface area contributed by atoms with Crippen LogP contribution in [0.1, 0.15) is 22.7 Å². The van der Waals surface area contributed by atoms with Gasteiger partial charge in [0.25, 0.3) is 0 Å². The van der Waals surface area contributed by atoms with E-state index in [9.17, 15) is 0 Å². The molecule has 1 aliphatic heterocycles. The fourth-order valence-corrected chi connectivity index (χ4v) is 1.99. The van der Waals surface area contributed by atoms with Crippen molar-refractivity contribution in [3.8, 4) is 5.75 Å². The van der Waals surface area contributed by atoms with Crippen molar-refractivity contribution in [3.63, 3.8) is 0 Å². The third kappa shape index (κ3) is 1.31. The first-order valence-electron chi connectivity index (χ1n) is 4.63. The van der Waals surface area contributed by atoms with Crippen LogP contribution in [0.15, 0.2) is 12.1 Å². The number of hydrogen-bond donors (Lipinski definition) is 1. The molecule has 2 heteroatoms. The van der Waals surface area contributed by atoms with Gasteiger partial charge in [-0.05, 0) is 38.1 Å². The zero-order valence-electron chi connectivity index (χ0n) is 8.35. The van der Waals surface area contributed by atoms with Crippen LogP contribution in [0.25, 0.3) is 0 Å². The smallest absolute Gasteiger partial charge is 0.124 e. The van der Waals surface area contributed by atoms with Crippen LogP contribution >= 0.6 is 0 Å². The zero-order chi connectivity index (χ0) is 9.42. The predicted molar refractivity (Wildman–Crippen MR) is 53.2 cm³/mol. The second-order valence-corrected chi connectivity index (χ2v) is 3.65. The van der Waals surface area contributed by atoms with E-state index >= 15 is 0 Å². The van der Waals surface area contributed by atoms with E-state index in [1.54, 1.807) is 0 Å². The van der Waals surface area contributed by atoms with Crippen molar-refractivity contribution in [1.82, 2.24) is 5.32 Å². The van der Waals surface area contributed by atoms with Crippen LogP contribution in [0.2, 0.25) is 0 Å². The maximum Gasteiger partial charge on any atom is 0.124 e. The van der Waals surface area contributed by atoms with E-state index in [1.807, 2.05) is 7.05 Å². The summed E-state index contributed by atoms with van der Waals surface area (Å²) in [6.07, 6.45) is 0. The SMILES string of the molecule is CNC1COc2cc(C)cc(C)c21. The highest BCUT2D eigenvalue weighted by atomic mass is 16.5. The molecule has 0 radical (unpaired) electrons. The van der Waals surface area contributed by atoms with E-state index in [-0.39, 0.29) is 0 Å². The fourth-order valence-electron chi connectivity index (χ4n) is 1.99. The molecule has 0 saturated heterocycles. The van der Waals surface area contributed by atoms with Gasteiger partial charge in [-0.3, -0.25) is 0 Å². The summed E-state index contributed by atoms with van der Waals surface area (Å²) in [5.74, 6) is 1.05. The van der Waals surface area contributed by atoms with Gasteiger partial charge in [0.15, 0.2) is 0 Å². The highest BCUT2D eigenvalue weighted by Gasteiger charge is 2.24. The minimum absolute atomic E-state index is 0.371. The van der Waals surface area contributed by atoms with Crippen molar-refractivity contribution in [2.45, 2.75) is 19.9 Å². The summed E-state index contributed by atoms with van der Waals surface area (Å²) in [6.45, 7) is 5.00. The highest BCUT2D eigenvalue weighted by molar-refractivity contribution is 5.47. The molecule has 1 N–H and O–H groups in total. The van der Waals surface area contributed by atoms with Gasteiger partial charge in [0.1, 0.15) is 12.4 Å². The Hall–Kier alpha value is -1.02. The quantitative estimate of drug-likeness (QED) is 0.708. The van der Waals surface area contributed by atoms with Gasteiger partial charge in [-0.1, -0.05) is 6.07 Å². The molecule has 1 aromatic rings. The molecular weight excluding hydrogens is 162 g/mol. The average Bonchev–Trinajstić information content (AvgIpc) is 2.47. The minimum Gasteiger partial charge on any atom is -0.491 e. The first-order valence-corrected chi connectivity index (χ1v) is 4.63. The first kappa shape index (κ1) is 8.57. The molecule has 0 aliphatic carbocycles. The Balaban J connectivity index is 2.51. The summed E-state index contributed by atoms with van der Waals surface area (Å²) in [5, 5.41) is 3.26. The summed E-state index contributed by atoms with van der Waals surface area (Å²) >= 11 is 0. The van der Waals surface area contributed by atoms with E-state index in [0.29, 0.717) is 6.04 Å². The summed E-state index contributed by atoms with van der Waals surface area (Å²) in [6, 6.07) is 4.69. The lowest BCUT2D eigenvalue weighted by molar-refractivity contribution is 0.318. The Kier molecular flexibility index (Phi) is 2.00. The molecule has 0 saturated carbocycles. The van der Waals surface area contributed by atoms with Crippen LogP contribution < -0.4 is 10.1 Å². The summed E-state index contributed by atoms with van der Waals surface area (Å²) in [7, 11) is 1.97. The lowest BCUT2D eigenvalue weighted by Crippen LogP contribution is -2.17. The molecule has 13 heavy (non-hydrogen) atoms. The molecule has 0 bridgehead atoms. The Morgan fingerprint density at radius 1 is 1.38 bits per heavy atom. The van der Waals surface area contributed by atoms with Gasteiger partial charge >= 0.3 is 0 Å². The Morgan fingerprint density at radius 3 is 2.85 bits per heavy atom. The van der Waals surface area contributed by atoms with Crippen LogP contribution in [0, 0.1) is 13.8 Å². The van der Waals surface area contributed by atoms with Crippen molar-refractivity contribution in [2.24, 2.45) is 0 Å². The molecule has 1 aliphatic rings. The van der Waals surface area contributed by atoms with Crippen molar-refractivity contribution in [1.29, 1.82) is 0 Å². The normalized spacial score (nSPS) is 19.8. The van der Waals surface area contributed by atoms with Gasteiger partial charge < -0.3 is 10.1 Å². The second-order valence-electron chi connectivity index (χ2n) is 3.65. The van der Waals surface area contributed by atoms with Crippen LogP contribution in [0.5, 0.6) is 5.75 Å². The number of ether oxygens (including phenoxy) is 1. The zero-order valence-corrected chi connectivity index (χ0v) is 8.35. The molecule has 1 heterocycles. The van der Waals surface area contributed by atoms with E-state index < -0.39 is 0 Å². The molecule has 2 rings (SSSR count). The maximum atomic E-state index is 5.60. The number of nitrogens with one attached hydrogen (secondary N) is 1. The molecule has 70 valence electrons. The van der Waals surface area contributed by atoms with E-state index in [4.69, 9.17) is 4.74 Å². The number of hydrogen-bond acceptors (Lipinski definition) is 2. The minimum atomic E-state index is 0.371. The van der Waals surface area contributed by atoms with Gasteiger partial charge in [-0.15, -0.1) is 0 Å². The van der Waals surface area contributed by atoms with Crippen LogP contribution in [-0.2, 0) is 0 Å². The molecule has 0 aromatic heterocycles. The lowest BCUT2D eigenvalue weighted by Gasteiger charge is -2.09. The van der Waals surface area contributed by atoms with Gasteiger partial charge in [-0.2, -0.15) is 0 Å². The Bertz CT molecular complexity index is 333. The lowest BCUT2D eigenvalue weighted by atomic mass is 10.0. The largest absolute Gasteiger partial charge is 0.491 e. The standard InChI is InChI=1S/C11H15NO/c1-7-4-8(2)11-9(12-3)6-13-10(11)5-7/h4-5,9,12H,6H2,1-3H3. The molecular formula is C11H15NO. The Labute approximate surface area is 78.9 Å². The number of rotatable bonds is 1. The van der Waals surface area contributed by atoms with Gasteiger partial charge in [0.05, 0.1) is 6.04 Å². The monoisotopic (exact) mass is 177 g/mol. The fraction of sp³-hybridized carbons (Fsp3) is 0.455. The molecule has 1 aromatic carbocycles. The van der Waals surface area contributed by atoms with Gasteiger partial charge in [-0.25, -0.2) is 0 Å². The van der Waals surface area contributed by atoms with E-state index in [0.717, 1.165) is 12.4 Å². The van der Waals surface area contributed by atoms with Crippen LogP contribution in [-0.4, -0.2) is 13.7 Å². The van der Waals surface area contributed by atoms with Crippen molar-refractivity contribution >= 4 is 0 Å². The average molecular weight is 177 g/mol. The third-order valence-corrected chi connectivity index (χ3v) is 2.60. The third-order valence-electron chi connectivity index (χ3n) is 2.60. The topological polar surface area (TPSA) is 21.3 Å². The van der Waals surface area contributed by atoms with Crippen molar-refractivity contribution in [2.75, 3.05) is 13.7 Å². The first-order chi connectivity index (χ1) is 6.22. The number of benzene rings is 1. The molecule has 0 fully saturated rings. The van der Waals surface area contributed by atoms with E-state index in [1.165, 1.54) is 16.7 Å². The molecule has 0 amide bonds. The van der Waals surface area contributed by atoms with Crippen LogP contribution in [0.4, 0.5) is 0 Å². The van der Waals surface area contributed by atoms with Crippen molar-refractivity contribution < 1.29 is 4.74 Å². The summed E-state index contributed by atoms with van der Waals surface area (Å²) in [5.41, 5.74) is 3.92. The molecule has 2 nitrogen and oxygen atoms in total. The van der Waals surface area contributed by atoms with Crippen molar-refractivity contribution in [3.05, 3.63) is 28.8 Å². The Morgan fingerprint density at radius 2 is 2.15 bits per heavy atom. The van der Waals surface area contributed by atoms with Gasteiger partial charge in [0.2, 0.25) is 0 Å². The summed E-state index contributed by atoms with van der Waals surface area (Å²) in [4.78, 5) is 0. The number of aryl methyl sites for hydroxylation is 2. The van der Waals surface area contributed by atoms with Gasteiger partial charge in [0, 0.05) is 5.56 Å². The number of fused-ring (bicyclic) bond motifs is 1.